The zero-order valence-electron chi connectivity index (χ0n) is 16.2. The van der Waals surface area contributed by atoms with Crippen LogP contribution in [0.25, 0.3) is 0 Å². The first-order valence-electron chi connectivity index (χ1n) is 9.55. The van der Waals surface area contributed by atoms with Crippen molar-refractivity contribution in [1.82, 2.24) is 20.3 Å². The third-order valence-corrected chi connectivity index (χ3v) is 4.98. The number of amides is 1. The van der Waals surface area contributed by atoms with Crippen molar-refractivity contribution in [1.29, 1.82) is 0 Å². The smallest absolute Gasteiger partial charge is 0.276 e. The Kier molecular flexibility index (Phi) is 5.14. The molecule has 0 saturated carbocycles. The summed E-state index contributed by atoms with van der Waals surface area (Å²) in [5.74, 6) is 1.12. The van der Waals surface area contributed by atoms with Crippen molar-refractivity contribution in [2.24, 2.45) is 0 Å². The predicted molar refractivity (Wildman–Crippen MR) is 103 cm³/mol. The van der Waals surface area contributed by atoms with Gasteiger partial charge in [-0.3, -0.25) is 9.89 Å². The third kappa shape index (κ3) is 4.08. The lowest BCUT2D eigenvalue weighted by Gasteiger charge is -2.16. The lowest BCUT2D eigenvalue weighted by molar-refractivity contribution is 0.0772. The Morgan fingerprint density at radius 3 is 2.82 bits per heavy atom. The third-order valence-electron chi connectivity index (χ3n) is 4.98. The minimum Gasteiger partial charge on any atom is -0.486 e. The molecule has 3 aromatic rings. The lowest BCUT2D eigenvalue weighted by atomic mass is 9.92. The fourth-order valence-electron chi connectivity index (χ4n) is 3.50. The van der Waals surface area contributed by atoms with Gasteiger partial charge in [-0.15, -0.1) is 0 Å². The molecule has 0 bridgehead atoms. The van der Waals surface area contributed by atoms with Crippen molar-refractivity contribution in [3.05, 3.63) is 64.3 Å². The van der Waals surface area contributed by atoms with Crippen molar-refractivity contribution >= 4 is 5.91 Å². The van der Waals surface area contributed by atoms with Crippen molar-refractivity contribution in [2.75, 3.05) is 7.05 Å². The van der Waals surface area contributed by atoms with Crippen LogP contribution in [-0.4, -0.2) is 33.2 Å². The monoisotopic (exact) mass is 380 g/mol. The summed E-state index contributed by atoms with van der Waals surface area (Å²) < 4.78 is 11.1. The minimum atomic E-state index is -0.218. The number of benzene rings is 1. The number of carbonyl (C=O) groups excluding carboxylic acids is 1. The Morgan fingerprint density at radius 2 is 2.04 bits per heavy atom. The molecule has 2 heterocycles. The number of H-pyrrole nitrogens is 1. The van der Waals surface area contributed by atoms with E-state index in [0.29, 0.717) is 12.3 Å². The van der Waals surface area contributed by atoms with Crippen molar-refractivity contribution in [3.8, 4) is 5.75 Å². The second-order valence-corrected chi connectivity index (χ2v) is 7.31. The largest absolute Gasteiger partial charge is 0.486 e. The van der Waals surface area contributed by atoms with Gasteiger partial charge in [0, 0.05) is 18.8 Å². The number of rotatable bonds is 6. The average molecular weight is 380 g/mol. The fourth-order valence-corrected chi connectivity index (χ4v) is 3.50. The maximum atomic E-state index is 12.5. The van der Waals surface area contributed by atoms with Crippen LogP contribution in [0.15, 0.2) is 34.9 Å². The van der Waals surface area contributed by atoms with Gasteiger partial charge in [0.2, 0.25) is 0 Å². The average Bonchev–Trinajstić information content (AvgIpc) is 3.34. The molecule has 7 heteroatoms. The molecule has 1 N–H and O–H groups in total. The number of aryl methyl sites for hydroxylation is 3. The molecule has 0 aliphatic heterocycles. The number of hydrogen-bond donors (Lipinski definition) is 1. The second-order valence-electron chi connectivity index (χ2n) is 7.31. The highest BCUT2D eigenvalue weighted by atomic mass is 16.5. The van der Waals surface area contributed by atoms with Gasteiger partial charge in [-0.05, 0) is 61.9 Å². The summed E-state index contributed by atoms with van der Waals surface area (Å²) in [6.07, 6.45) is 4.75. The van der Waals surface area contributed by atoms with Crippen molar-refractivity contribution in [3.63, 3.8) is 0 Å². The molecule has 0 radical (unpaired) electrons. The van der Waals surface area contributed by atoms with Gasteiger partial charge in [-0.2, -0.15) is 5.10 Å². The van der Waals surface area contributed by atoms with Crippen LogP contribution in [0, 0.1) is 6.92 Å². The molecule has 0 saturated heterocycles. The number of nitrogens with one attached hydrogen (secondary N) is 1. The highest BCUT2D eigenvalue weighted by Crippen LogP contribution is 2.26. The number of ether oxygens (including phenoxy) is 1. The van der Waals surface area contributed by atoms with E-state index in [1.165, 1.54) is 24.0 Å². The Hall–Kier alpha value is -3.09. The van der Waals surface area contributed by atoms with Crippen LogP contribution >= 0.6 is 0 Å². The minimum absolute atomic E-state index is 0.218. The molecule has 28 heavy (non-hydrogen) atoms. The van der Waals surface area contributed by atoms with Gasteiger partial charge >= 0.3 is 0 Å². The van der Waals surface area contributed by atoms with Crippen LogP contribution in [0.4, 0.5) is 0 Å². The summed E-state index contributed by atoms with van der Waals surface area (Å²) in [6.45, 7) is 2.56. The molecule has 7 nitrogen and oxygen atoms in total. The Labute approximate surface area is 163 Å². The van der Waals surface area contributed by atoms with E-state index in [-0.39, 0.29) is 18.2 Å². The van der Waals surface area contributed by atoms with Crippen LogP contribution in [0.2, 0.25) is 0 Å². The van der Waals surface area contributed by atoms with Crippen LogP contribution in [-0.2, 0) is 26.0 Å². The standard InChI is InChI=1S/C21H24N4O3/c1-14-9-17(23-22-14)12-25(2)21(26)20-11-19(28-24-20)13-27-18-8-7-15-5-3-4-6-16(15)10-18/h7-11H,3-6,12-13H2,1-2H3,(H,22,23). The maximum absolute atomic E-state index is 12.5. The molecule has 0 spiro atoms. The van der Waals surface area contributed by atoms with E-state index in [1.54, 1.807) is 18.0 Å². The van der Waals surface area contributed by atoms with Crippen LogP contribution in [0.1, 0.15) is 51.6 Å². The summed E-state index contributed by atoms with van der Waals surface area (Å²) in [5, 5.41) is 10.9. The summed E-state index contributed by atoms with van der Waals surface area (Å²) in [6, 6.07) is 9.78. The highest BCUT2D eigenvalue weighted by Gasteiger charge is 2.18. The normalized spacial score (nSPS) is 13.2. The number of fused-ring (bicyclic) bond motifs is 1. The molecular formula is C21H24N4O3. The van der Waals surface area contributed by atoms with E-state index in [9.17, 15) is 4.79 Å². The van der Waals surface area contributed by atoms with E-state index in [4.69, 9.17) is 9.26 Å². The molecule has 1 amide bonds. The van der Waals surface area contributed by atoms with E-state index in [1.807, 2.05) is 19.1 Å². The molecule has 4 rings (SSSR count). The van der Waals surface area contributed by atoms with Crippen LogP contribution in [0.3, 0.4) is 0 Å². The van der Waals surface area contributed by atoms with E-state index in [2.05, 4.69) is 27.5 Å². The molecule has 2 aromatic heterocycles. The predicted octanol–water partition coefficient (Wildman–Crippen LogP) is 3.44. The zero-order valence-corrected chi connectivity index (χ0v) is 16.2. The summed E-state index contributed by atoms with van der Waals surface area (Å²) >= 11 is 0. The summed E-state index contributed by atoms with van der Waals surface area (Å²) in [5.41, 5.74) is 4.80. The van der Waals surface area contributed by atoms with Crippen LogP contribution in [0.5, 0.6) is 5.75 Å². The summed E-state index contributed by atoms with van der Waals surface area (Å²) in [4.78, 5) is 14.1. The molecular weight excluding hydrogens is 356 g/mol. The molecule has 0 atom stereocenters. The van der Waals surface area contributed by atoms with Gasteiger partial charge in [-0.1, -0.05) is 11.2 Å². The van der Waals surface area contributed by atoms with E-state index in [0.717, 1.165) is 30.0 Å². The molecule has 1 aliphatic carbocycles. The first-order valence-corrected chi connectivity index (χ1v) is 9.55. The first kappa shape index (κ1) is 18.3. The van der Waals surface area contributed by atoms with E-state index < -0.39 is 0 Å². The van der Waals surface area contributed by atoms with Crippen molar-refractivity contribution < 1.29 is 14.1 Å². The Morgan fingerprint density at radius 1 is 1.21 bits per heavy atom. The van der Waals surface area contributed by atoms with Crippen LogP contribution < -0.4 is 4.74 Å². The van der Waals surface area contributed by atoms with Gasteiger partial charge in [-0.25, -0.2) is 0 Å². The van der Waals surface area contributed by atoms with Gasteiger partial charge in [0.1, 0.15) is 12.4 Å². The number of nitrogens with zero attached hydrogens (tertiary/aromatic N) is 3. The molecule has 0 unspecified atom stereocenters. The second kappa shape index (κ2) is 7.88. The van der Waals surface area contributed by atoms with Crippen molar-refractivity contribution in [2.45, 2.75) is 45.8 Å². The van der Waals surface area contributed by atoms with Gasteiger partial charge in [0.25, 0.3) is 5.91 Å². The number of hydrogen-bond acceptors (Lipinski definition) is 5. The van der Waals surface area contributed by atoms with Gasteiger partial charge in [0.05, 0.1) is 12.2 Å². The molecule has 146 valence electrons. The SMILES string of the molecule is Cc1cc(CN(C)C(=O)c2cc(COc3ccc4c(c3)CCCC4)on2)n[nH]1. The lowest BCUT2D eigenvalue weighted by Crippen LogP contribution is -2.26. The van der Waals surface area contributed by atoms with Gasteiger partial charge in [0.15, 0.2) is 11.5 Å². The molecule has 0 fully saturated rings. The van der Waals surface area contributed by atoms with E-state index >= 15 is 0 Å². The first-order chi connectivity index (χ1) is 13.6. The highest BCUT2D eigenvalue weighted by molar-refractivity contribution is 5.92. The number of carbonyl (C=O) groups is 1. The summed E-state index contributed by atoms with van der Waals surface area (Å²) in [7, 11) is 1.71. The van der Waals surface area contributed by atoms with Gasteiger partial charge < -0.3 is 14.2 Å². The number of aromatic amines is 1. The number of aromatic nitrogens is 3. The Balaban J connectivity index is 1.35. The topological polar surface area (TPSA) is 84.2 Å². The Bertz CT molecular complexity index is 976. The molecule has 1 aliphatic rings. The zero-order chi connectivity index (χ0) is 19.5. The maximum Gasteiger partial charge on any atom is 0.276 e. The molecule has 1 aromatic carbocycles. The fraction of sp³-hybridized carbons (Fsp3) is 0.381. The quantitative estimate of drug-likeness (QED) is 0.708.